The SMILES string of the molecule is CC(=O)NCCn1cc(C)c2c(Cl)cc(CN(C(=O)[C@H]3CNCCO3)C3CC3)cc21. The fourth-order valence-electron chi connectivity index (χ4n) is 4.14. The molecule has 2 aromatic rings. The van der Waals surface area contributed by atoms with Gasteiger partial charge in [0.15, 0.2) is 0 Å². The summed E-state index contributed by atoms with van der Waals surface area (Å²) in [4.78, 5) is 26.2. The molecule has 0 bridgehead atoms. The zero-order valence-electron chi connectivity index (χ0n) is 17.5. The number of fused-ring (bicyclic) bond motifs is 1. The molecule has 2 amide bonds. The number of nitrogens with one attached hydrogen (secondary N) is 2. The zero-order valence-corrected chi connectivity index (χ0v) is 18.3. The lowest BCUT2D eigenvalue weighted by Crippen LogP contribution is -2.49. The minimum absolute atomic E-state index is 0.0417. The molecule has 0 radical (unpaired) electrons. The molecular weight excluding hydrogens is 404 g/mol. The van der Waals surface area contributed by atoms with Crippen LogP contribution in [0.15, 0.2) is 18.3 Å². The summed E-state index contributed by atoms with van der Waals surface area (Å²) >= 11 is 6.65. The smallest absolute Gasteiger partial charge is 0.253 e. The second-order valence-electron chi connectivity index (χ2n) is 8.22. The second kappa shape index (κ2) is 8.96. The molecule has 0 unspecified atom stereocenters. The number of benzene rings is 1. The van der Waals surface area contributed by atoms with Gasteiger partial charge in [0.1, 0.15) is 6.10 Å². The highest BCUT2D eigenvalue weighted by molar-refractivity contribution is 6.35. The van der Waals surface area contributed by atoms with Gasteiger partial charge < -0.3 is 24.8 Å². The first-order valence-electron chi connectivity index (χ1n) is 10.6. The predicted molar refractivity (Wildman–Crippen MR) is 117 cm³/mol. The van der Waals surface area contributed by atoms with Crippen molar-refractivity contribution in [2.45, 2.75) is 51.9 Å². The molecule has 7 nitrogen and oxygen atoms in total. The number of hydrogen-bond acceptors (Lipinski definition) is 4. The molecule has 0 spiro atoms. The summed E-state index contributed by atoms with van der Waals surface area (Å²) in [5, 5.41) is 7.79. The third-order valence-corrected chi connectivity index (χ3v) is 6.03. The van der Waals surface area contributed by atoms with E-state index in [0.29, 0.717) is 37.8 Å². The number of aryl methyl sites for hydroxylation is 1. The monoisotopic (exact) mass is 432 g/mol. The Bertz CT molecular complexity index is 947. The van der Waals surface area contributed by atoms with Crippen LogP contribution in [-0.2, 0) is 27.4 Å². The Labute approximate surface area is 181 Å². The van der Waals surface area contributed by atoms with E-state index in [2.05, 4.69) is 27.5 Å². The van der Waals surface area contributed by atoms with Crippen LogP contribution in [-0.4, -0.2) is 59.7 Å². The minimum Gasteiger partial charge on any atom is -0.366 e. The fourth-order valence-corrected chi connectivity index (χ4v) is 4.52. The van der Waals surface area contributed by atoms with Crippen LogP contribution in [0.4, 0.5) is 0 Å². The van der Waals surface area contributed by atoms with Gasteiger partial charge in [-0.05, 0) is 43.0 Å². The van der Waals surface area contributed by atoms with Gasteiger partial charge in [-0.15, -0.1) is 0 Å². The first-order chi connectivity index (χ1) is 14.4. The number of carbonyl (C=O) groups excluding carboxylic acids is 2. The number of aromatic nitrogens is 1. The Morgan fingerprint density at radius 3 is 2.83 bits per heavy atom. The number of morpholine rings is 1. The summed E-state index contributed by atoms with van der Waals surface area (Å²) in [6, 6.07) is 4.37. The molecule has 162 valence electrons. The molecule has 1 atom stereocenters. The second-order valence-corrected chi connectivity index (χ2v) is 8.63. The maximum atomic E-state index is 13.1. The molecular formula is C22H29ClN4O3. The summed E-state index contributed by atoms with van der Waals surface area (Å²) in [5.41, 5.74) is 3.13. The van der Waals surface area contributed by atoms with Crippen LogP contribution >= 0.6 is 11.6 Å². The van der Waals surface area contributed by atoms with Gasteiger partial charge in [0.25, 0.3) is 5.91 Å². The first-order valence-corrected chi connectivity index (χ1v) is 11.0. The Hall–Kier alpha value is -2.09. The average Bonchev–Trinajstić information content (AvgIpc) is 3.51. The number of nitrogens with zero attached hydrogens (tertiary/aromatic N) is 2. The lowest BCUT2D eigenvalue weighted by molar-refractivity contribution is -0.146. The van der Waals surface area contributed by atoms with Crippen LogP contribution in [0.2, 0.25) is 5.02 Å². The number of carbonyl (C=O) groups is 2. The molecule has 2 N–H and O–H groups in total. The van der Waals surface area contributed by atoms with E-state index in [0.717, 1.165) is 41.4 Å². The molecule has 1 aromatic carbocycles. The van der Waals surface area contributed by atoms with Crippen molar-refractivity contribution in [1.29, 1.82) is 0 Å². The highest BCUT2D eigenvalue weighted by Crippen LogP contribution is 2.33. The number of amides is 2. The van der Waals surface area contributed by atoms with E-state index in [4.69, 9.17) is 16.3 Å². The summed E-state index contributed by atoms with van der Waals surface area (Å²) in [6.45, 7) is 7.21. The van der Waals surface area contributed by atoms with Crippen LogP contribution in [0.3, 0.4) is 0 Å². The van der Waals surface area contributed by atoms with Gasteiger partial charge in [0, 0.05) is 57.3 Å². The third-order valence-electron chi connectivity index (χ3n) is 5.74. The number of halogens is 1. The minimum atomic E-state index is -0.415. The fraction of sp³-hybridized carbons (Fsp3) is 0.545. The van der Waals surface area contributed by atoms with Crippen LogP contribution in [0.1, 0.15) is 30.9 Å². The van der Waals surface area contributed by atoms with Gasteiger partial charge in [-0.2, -0.15) is 0 Å². The van der Waals surface area contributed by atoms with Crippen molar-refractivity contribution >= 4 is 34.3 Å². The first kappa shape index (κ1) is 21.2. The Balaban J connectivity index is 1.58. The zero-order chi connectivity index (χ0) is 21.3. The molecule has 30 heavy (non-hydrogen) atoms. The molecule has 1 aliphatic carbocycles. The highest BCUT2D eigenvalue weighted by atomic mass is 35.5. The summed E-state index contributed by atoms with van der Waals surface area (Å²) < 4.78 is 7.82. The van der Waals surface area contributed by atoms with E-state index in [-0.39, 0.29) is 17.9 Å². The lowest BCUT2D eigenvalue weighted by atomic mass is 10.1. The van der Waals surface area contributed by atoms with Gasteiger partial charge in [0.05, 0.1) is 17.1 Å². The molecule has 2 heterocycles. The van der Waals surface area contributed by atoms with Crippen molar-refractivity contribution < 1.29 is 14.3 Å². The average molecular weight is 433 g/mol. The van der Waals surface area contributed by atoms with Crippen LogP contribution in [0.25, 0.3) is 10.9 Å². The van der Waals surface area contributed by atoms with Crippen molar-refractivity contribution in [3.8, 4) is 0 Å². The van der Waals surface area contributed by atoms with Crippen LogP contribution < -0.4 is 10.6 Å². The van der Waals surface area contributed by atoms with E-state index in [1.165, 1.54) is 6.92 Å². The quantitative estimate of drug-likeness (QED) is 0.703. The van der Waals surface area contributed by atoms with E-state index in [1.807, 2.05) is 17.9 Å². The molecule has 2 fully saturated rings. The van der Waals surface area contributed by atoms with E-state index in [9.17, 15) is 9.59 Å². The molecule has 4 rings (SSSR count). The topological polar surface area (TPSA) is 75.6 Å². The van der Waals surface area contributed by atoms with Crippen molar-refractivity contribution in [3.05, 3.63) is 34.5 Å². The van der Waals surface area contributed by atoms with Gasteiger partial charge in [-0.1, -0.05) is 11.6 Å². The molecule has 1 aromatic heterocycles. The molecule has 1 saturated carbocycles. The van der Waals surface area contributed by atoms with Crippen LogP contribution in [0.5, 0.6) is 0 Å². The van der Waals surface area contributed by atoms with Gasteiger partial charge >= 0.3 is 0 Å². The number of rotatable bonds is 7. The molecule has 8 heteroatoms. The van der Waals surface area contributed by atoms with E-state index in [1.54, 1.807) is 0 Å². The maximum Gasteiger partial charge on any atom is 0.253 e. The summed E-state index contributed by atoms with van der Waals surface area (Å²) in [7, 11) is 0. The summed E-state index contributed by atoms with van der Waals surface area (Å²) in [6.07, 6.45) is 3.72. The van der Waals surface area contributed by atoms with Crippen molar-refractivity contribution in [1.82, 2.24) is 20.1 Å². The number of hydrogen-bond donors (Lipinski definition) is 2. The van der Waals surface area contributed by atoms with Gasteiger partial charge in [-0.3, -0.25) is 9.59 Å². The lowest BCUT2D eigenvalue weighted by Gasteiger charge is -2.30. The molecule has 1 saturated heterocycles. The number of ether oxygens (including phenoxy) is 1. The van der Waals surface area contributed by atoms with Crippen molar-refractivity contribution in [2.24, 2.45) is 0 Å². The van der Waals surface area contributed by atoms with E-state index >= 15 is 0 Å². The Morgan fingerprint density at radius 1 is 1.37 bits per heavy atom. The Morgan fingerprint density at radius 2 is 2.17 bits per heavy atom. The van der Waals surface area contributed by atoms with Gasteiger partial charge in [0.2, 0.25) is 5.91 Å². The normalized spacial score (nSPS) is 19.1. The van der Waals surface area contributed by atoms with E-state index < -0.39 is 6.10 Å². The van der Waals surface area contributed by atoms with Crippen molar-refractivity contribution in [3.63, 3.8) is 0 Å². The molecule has 2 aliphatic rings. The standard InChI is InChI=1S/C22H29ClN4O3/c1-14-12-26(7-5-25-15(2)28)19-10-16(9-18(23)21(14)19)13-27(17-3-4-17)22(29)20-11-24-6-8-30-20/h9-10,12,17,20,24H,3-8,11,13H2,1-2H3,(H,25,28)/t20-/m1/s1. The predicted octanol–water partition coefficient (Wildman–Crippen LogP) is 2.22. The Kier molecular flexibility index (Phi) is 6.32. The van der Waals surface area contributed by atoms with Gasteiger partial charge in [-0.25, -0.2) is 0 Å². The third kappa shape index (κ3) is 4.63. The highest BCUT2D eigenvalue weighted by Gasteiger charge is 2.37. The largest absolute Gasteiger partial charge is 0.366 e. The summed E-state index contributed by atoms with van der Waals surface area (Å²) in [5.74, 6) is 0.0121. The maximum absolute atomic E-state index is 13.1. The molecule has 1 aliphatic heterocycles. The van der Waals surface area contributed by atoms with Crippen molar-refractivity contribution in [2.75, 3.05) is 26.2 Å². The van der Waals surface area contributed by atoms with Crippen LogP contribution in [0, 0.1) is 6.92 Å².